The molecule has 0 aliphatic carbocycles. The fourth-order valence-electron chi connectivity index (χ4n) is 2.61. The molecule has 0 radical (unpaired) electrons. The summed E-state index contributed by atoms with van der Waals surface area (Å²) in [5, 5.41) is 3.37. The zero-order chi connectivity index (χ0) is 14.0. The molecule has 1 aromatic rings. The number of hydrogen-bond donors (Lipinski definition) is 1. The van der Waals surface area contributed by atoms with E-state index < -0.39 is 5.41 Å². The van der Waals surface area contributed by atoms with Crippen molar-refractivity contribution in [2.45, 2.75) is 39.2 Å². The summed E-state index contributed by atoms with van der Waals surface area (Å²) in [6, 6.07) is 8.67. The molecule has 1 unspecified atom stereocenters. The lowest BCUT2D eigenvalue weighted by atomic mass is 9.82. The van der Waals surface area contributed by atoms with Crippen molar-refractivity contribution in [2.24, 2.45) is 0 Å². The van der Waals surface area contributed by atoms with Crippen LogP contribution in [0.4, 0.5) is 0 Å². The van der Waals surface area contributed by atoms with Crippen molar-refractivity contribution >= 4 is 5.91 Å². The van der Waals surface area contributed by atoms with E-state index in [9.17, 15) is 4.79 Å². The average Bonchev–Trinajstić information content (AvgIpc) is 2.38. The number of nitrogens with zero attached hydrogens (tertiary/aromatic N) is 1. The second kappa shape index (κ2) is 5.33. The van der Waals surface area contributed by atoms with E-state index in [1.54, 1.807) is 0 Å². The molecule has 3 nitrogen and oxygen atoms in total. The highest BCUT2D eigenvalue weighted by atomic mass is 16.2. The Morgan fingerprint density at radius 1 is 1.32 bits per heavy atom. The molecule has 2 rings (SSSR count). The topological polar surface area (TPSA) is 32.3 Å². The highest BCUT2D eigenvalue weighted by Crippen LogP contribution is 2.26. The van der Waals surface area contributed by atoms with E-state index in [1.807, 2.05) is 18.7 Å². The molecule has 1 saturated heterocycles. The summed E-state index contributed by atoms with van der Waals surface area (Å²) in [4.78, 5) is 14.7. The van der Waals surface area contributed by atoms with Gasteiger partial charge in [0.2, 0.25) is 5.91 Å². The lowest BCUT2D eigenvalue weighted by Crippen LogP contribution is -2.55. The Balaban J connectivity index is 2.18. The van der Waals surface area contributed by atoms with E-state index in [0.29, 0.717) is 6.04 Å². The fourth-order valence-corrected chi connectivity index (χ4v) is 2.61. The van der Waals surface area contributed by atoms with Gasteiger partial charge in [-0.15, -0.1) is 0 Å². The zero-order valence-electron chi connectivity index (χ0n) is 12.4. The molecule has 0 bridgehead atoms. The minimum Gasteiger partial charge on any atom is -0.339 e. The Morgan fingerprint density at radius 2 is 1.95 bits per heavy atom. The summed E-state index contributed by atoms with van der Waals surface area (Å²) in [6.45, 7) is 10.7. The van der Waals surface area contributed by atoms with Crippen molar-refractivity contribution in [1.29, 1.82) is 0 Å². The van der Waals surface area contributed by atoms with Crippen LogP contribution in [0, 0.1) is 6.92 Å². The first-order valence-electron chi connectivity index (χ1n) is 7.01. The fraction of sp³-hybridized carbons (Fsp3) is 0.562. The molecule has 0 saturated carbocycles. The van der Waals surface area contributed by atoms with E-state index in [-0.39, 0.29) is 5.91 Å². The van der Waals surface area contributed by atoms with E-state index in [1.165, 1.54) is 5.56 Å². The molecule has 104 valence electrons. The van der Waals surface area contributed by atoms with Crippen molar-refractivity contribution in [3.05, 3.63) is 35.4 Å². The van der Waals surface area contributed by atoms with Crippen LogP contribution in [-0.2, 0) is 10.2 Å². The first-order valence-corrected chi connectivity index (χ1v) is 7.01. The number of hydrogen-bond acceptors (Lipinski definition) is 2. The average molecular weight is 260 g/mol. The van der Waals surface area contributed by atoms with Crippen molar-refractivity contribution in [3.8, 4) is 0 Å². The molecule has 1 amide bonds. The molecule has 0 spiro atoms. The number of piperazine rings is 1. The van der Waals surface area contributed by atoms with Crippen LogP contribution in [0.15, 0.2) is 24.3 Å². The first-order chi connectivity index (χ1) is 8.91. The van der Waals surface area contributed by atoms with Gasteiger partial charge in [0, 0.05) is 25.7 Å². The molecule has 1 heterocycles. The van der Waals surface area contributed by atoms with Gasteiger partial charge in [0.05, 0.1) is 5.41 Å². The molecular formula is C16H24N2O. The largest absolute Gasteiger partial charge is 0.339 e. The Kier molecular flexibility index (Phi) is 3.95. The van der Waals surface area contributed by atoms with Gasteiger partial charge in [-0.05, 0) is 33.3 Å². The van der Waals surface area contributed by atoms with Crippen LogP contribution in [0.5, 0.6) is 0 Å². The van der Waals surface area contributed by atoms with E-state index in [4.69, 9.17) is 0 Å². The summed E-state index contributed by atoms with van der Waals surface area (Å²) >= 11 is 0. The van der Waals surface area contributed by atoms with Gasteiger partial charge in [-0.25, -0.2) is 0 Å². The Bertz CT molecular complexity index is 450. The van der Waals surface area contributed by atoms with E-state index in [0.717, 1.165) is 25.2 Å². The maximum absolute atomic E-state index is 12.7. The predicted octanol–water partition coefficient (Wildman–Crippen LogP) is 2.09. The third kappa shape index (κ3) is 2.98. The number of carbonyl (C=O) groups is 1. The van der Waals surface area contributed by atoms with Gasteiger partial charge in [-0.1, -0.05) is 29.8 Å². The smallest absolute Gasteiger partial charge is 0.232 e. The summed E-state index contributed by atoms with van der Waals surface area (Å²) in [6.07, 6.45) is 0. The van der Waals surface area contributed by atoms with Crippen LogP contribution in [0.2, 0.25) is 0 Å². The molecular weight excluding hydrogens is 236 g/mol. The molecule has 1 aromatic carbocycles. The number of benzene rings is 1. The second-order valence-electron chi connectivity index (χ2n) is 6.10. The van der Waals surface area contributed by atoms with Crippen LogP contribution in [-0.4, -0.2) is 36.5 Å². The van der Waals surface area contributed by atoms with Crippen molar-refractivity contribution in [3.63, 3.8) is 0 Å². The van der Waals surface area contributed by atoms with Crippen LogP contribution in [0.3, 0.4) is 0 Å². The number of rotatable bonds is 2. The summed E-state index contributed by atoms with van der Waals surface area (Å²) in [5.41, 5.74) is 1.86. The monoisotopic (exact) mass is 260 g/mol. The highest BCUT2D eigenvalue weighted by molar-refractivity contribution is 5.87. The van der Waals surface area contributed by atoms with E-state index in [2.05, 4.69) is 43.4 Å². The maximum atomic E-state index is 12.7. The minimum absolute atomic E-state index is 0.227. The van der Waals surface area contributed by atoms with Gasteiger partial charge in [0.1, 0.15) is 0 Å². The Hall–Kier alpha value is -1.35. The standard InChI is InChI=1S/C16H24N2O/c1-12-5-7-14(8-6-12)16(3,4)15(19)18-10-9-17-13(2)11-18/h5-8,13,17H,9-11H2,1-4H3. The molecule has 1 atom stereocenters. The third-order valence-electron chi connectivity index (χ3n) is 3.96. The minimum atomic E-state index is -0.454. The van der Waals surface area contributed by atoms with Crippen molar-refractivity contribution in [1.82, 2.24) is 10.2 Å². The predicted molar refractivity (Wildman–Crippen MR) is 78.2 cm³/mol. The van der Waals surface area contributed by atoms with Crippen molar-refractivity contribution in [2.75, 3.05) is 19.6 Å². The number of nitrogens with one attached hydrogen (secondary N) is 1. The highest BCUT2D eigenvalue weighted by Gasteiger charge is 2.35. The van der Waals surface area contributed by atoms with E-state index >= 15 is 0 Å². The molecule has 1 fully saturated rings. The number of amides is 1. The quantitative estimate of drug-likeness (QED) is 0.883. The van der Waals surface area contributed by atoms with Gasteiger partial charge >= 0.3 is 0 Å². The third-order valence-corrected chi connectivity index (χ3v) is 3.96. The van der Waals surface area contributed by atoms with Crippen LogP contribution in [0.1, 0.15) is 31.9 Å². The number of carbonyl (C=O) groups excluding carboxylic acids is 1. The van der Waals surface area contributed by atoms with Gasteiger partial charge in [-0.2, -0.15) is 0 Å². The first kappa shape index (κ1) is 14.1. The van der Waals surface area contributed by atoms with Gasteiger partial charge in [0.25, 0.3) is 0 Å². The number of aryl methyl sites for hydroxylation is 1. The Labute approximate surface area is 116 Å². The summed E-state index contributed by atoms with van der Waals surface area (Å²) in [7, 11) is 0. The normalized spacial score (nSPS) is 20.4. The second-order valence-corrected chi connectivity index (χ2v) is 6.10. The van der Waals surface area contributed by atoms with Crippen LogP contribution >= 0.6 is 0 Å². The molecule has 3 heteroatoms. The van der Waals surface area contributed by atoms with Gasteiger partial charge in [-0.3, -0.25) is 4.79 Å². The van der Waals surface area contributed by atoms with Gasteiger partial charge in [0.15, 0.2) is 0 Å². The molecule has 1 aliphatic rings. The SMILES string of the molecule is Cc1ccc(C(C)(C)C(=O)N2CCNC(C)C2)cc1. The lowest BCUT2D eigenvalue weighted by Gasteiger charge is -2.37. The summed E-state index contributed by atoms with van der Waals surface area (Å²) in [5.74, 6) is 0.227. The molecule has 1 N–H and O–H groups in total. The van der Waals surface area contributed by atoms with Crippen molar-refractivity contribution < 1.29 is 4.79 Å². The lowest BCUT2D eigenvalue weighted by molar-refractivity contribution is -0.137. The van der Waals surface area contributed by atoms with Crippen LogP contribution < -0.4 is 5.32 Å². The molecule has 19 heavy (non-hydrogen) atoms. The van der Waals surface area contributed by atoms with Gasteiger partial charge < -0.3 is 10.2 Å². The van der Waals surface area contributed by atoms with Crippen LogP contribution in [0.25, 0.3) is 0 Å². The maximum Gasteiger partial charge on any atom is 0.232 e. The summed E-state index contributed by atoms with van der Waals surface area (Å²) < 4.78 is 0. The Morgan fingerprint density at radius 3 is 2.53 bits per heavy atom. The molecule has 1 aliphatic heterocycles. The zero-order valence-corrected chi connectivity index (χ0v) is 12.4. The molecule has 0 aromatic heterocycles.